The van der Waals surface area contributed by atoms with Crippen molar-refractivity contribution in [1.29, 1.82) is 0 Å². The fourth-order valence-corrected chi connectivity index (χ4v) is 2.86. The second-order valence-electron chi connectivity index (χ2n) is 4.50. The van der Waals surface area contributed by atoms with Crippen LogP contribution in [0, 0.1) is 6.92 Å². The first kappa shape index (κ1) is 15.0. The SMILES string of the molecule is CCNC(C)(CC(C)Sc1n[nH]c(C)n1)C(=O)O. The molecule has 0 saturated heterocycles. The number of nitrogens with zero attached hydrogens (tertiary/aromatic N) is 2. The van der Waals surface area contributed by atoms with Crippen molar-refractivity contribution in [1.82, 2.24) is 20.5 Å². The van der Waals surface area contributed by atoms with E-state index in [0.717, 1.165) is 5.82 Å². The van der Waals surface area contributed by atoms with Gasteiger partial charge in [-0.15, -0.1) is 5.10 Å². The molecule has 2 unspecified atom stereocenters. The Morgan fingerprint density at radius 1 is 1.67 bits per heavy atom. The lowest BCUT2D eigenvalue weighted by atomic mass is 9.96. The topological polar surface area (TPSA) is 90.9 Å². The molecule has 0 fully saturated rings. The van der Waals surface area contributed by atoms with Gasteiger partial charge in [0.15, 0.2) is 0 Å². The number of aromatic nitrogens is 3. The average molecular weight is 272 g/mol. The summed E-state index contributed by atoms with van der Waals surface area (Å²) in [6.07, 6.45) is 0.508. The van der Waals surface area contributed by atoms with Gasteiger partial charge in [0.05, 0.1) is 0 Å². The van der Waals surface area contributed by atoms with Crippen molar-refractivity contribution < 1.29 is 9.90 Å². The zero-order chi connectivity index (χ0) is 13.8. The molecule has 1 heterocycles. The lowest BCUT2D eigenvalue weighted by molar-refractivity contribution is -0.144. The van der Waals surface area contributed by atoms with Crippen LogP contribution in [0.25, 0.3) is 0 Å². The highest BCUT2D eigenvalue weighted by molar-refractivity contribution is 7.99. The van der Waals surface area contributed by atoms with Crippen LogP contribution >= 0.6 is 11.8 Å². The molecule has 0 aliphatic heterocycles. The lowest BCUT2D eigenvalue weighted by Crippen LogP contribution is -2.50. The van der Waals surface area contributed by atoms with Crippen LogP contribution in [-0.2, 0) is 4.79 Å². The van der Waals surface area contributed by atoms with Crippen LogP contribution in [0.3, 0.4) is 0 Å². The Morgan fingerprint density at radius 2 is 2.33 bits per heavy atom. The van der Waals surface area contributed by atoms with Crippen LogP contribution in [0.2, 0.25) is 0 Å². The molecule has 0 spiro atoms. The molecule has 7 heteroatoms. The van der Waals surface area contributed by atoms with E-state index in [1.807, 2.05) is 20.8 Å². The summed E-state index contributed by atoms with van der Waals surface area (Å²) in [4.78, 5) is 15.5. The van der Waals surface area contributed by atoms with Gasteiger partial charge in [-0.05, 0) is 26.8 Å². The van der Waals surface area contributed by atoms with E-state index in [9.17, 15) is 9.90 Å². The van der Waals surface area contributed by atoms with Crippen molar-refractivity contribution in [3.63, 3.8) is 0 Å². The van der Waals surface area contributed by atoms with Crippen molar-refractivity contribution in [2.24, 2.45) is 0 Å². The van der Waals surface area contributed by atoms with E-state index < -0.39 is 11.5 Å². The number of likely N-dealkylation sites (N-methyl/N-ethyl adjacent to an activating group) is 1. The smallest absolute Gasteiger partial charge is 0.323 e. The molecule has 2 atom stereocenters. The average Bonchev–Trinajstić information content (AvgIpc) is 2.63. The molecule has 0 aliphatic rings. The molecule has 1 aromatic heterocycles. The number of aromatic amines is 1. The maximum atomic E-state index is 11.3. The number of carboxylic acids is 1. The number of aryl methyl sites for hydroxylation is 1. The quantitative estimate of drug-likeness (QED) is 0.651. The fraction of sp³-hybridized carbons (Fsp3) is 0.727. The second kappa shape index (κ2) is 6.19. The minimum absolute atomic E-state index is 0.111. The third-order valence-electron chi connectivity index (χ3n) is 2.62. The third-order valence-corrected chi connectivity index (χ3v) is 3.58. The molecule has 0 amide bonds. The Bertz CT molecular complexity index is 410. The minimum atomic E-state index is -0.910. The van der Waals surface area contributed by atoms with Crippen LogP contribution in [0.15, 0.2) is 5.16 Å². The Labute approximate surface area is 111 Å². The minimum Gasteiger partial charge on any atom is -0.480 e. The molecule has 0 saturated carbocycles. The van der Waals surface area contributed by atoms with Gasteiger partial charge in [-0.1, -0.05) is 25.6 Å². The first-order valence-electron chi connectivity index (χ1n) is 5.91. The number of rotatable bonds is 7. The molecule has 0 aliphatic carbocycles. The third kappa shape index (κ3) is 3.99. The van der Waals surface area contributed by atoms with Gasteiger partial charge in [0, 0.05) is 5.25 Å². The highest BCUT2D eigenvalue weighted by Crippen LogP contribution is 2.26. The Morgan fingerprint density at radius 3 is 2.78 bits per heavy atom. The largest absolute Gasteiger partial charge is 0.480 e. The summed E-state index contributed by atoms with van der Waals surface area (Å²) in [7, 11) is 0. The summed E-state index contributed by atoms with van der Waals surface area (Å²) >= 11 is 1.48. The fourth-order valence-electron chi connectivity index (χ4n) is 1.80. The van der Waals surface area contributed by atoms with Gasteiger partial charge in [-0.3, -0.25) is 9.89 Å². The van der Waals surface area contributed by atoms with Gasteiger partial charge in [0.1, 0.15) is 11.4 Å². The second-order valence-corrected chi connectivity index (χ2v) is 5.91. The van der Waals surface area contributed by atoms with Crippen molar-refractivity contribution >= 4 is 17.7 Å². The predicted molar refractivity (Wildman–Crippen MR) is 70.8 cm³/mol. The number of thioether (sulfide) groups is 1. The van der Waals surface area contributed by atoms with E-state index in [1.54, 1.807) is 6.92 Å². The predicted octanol–water partition coefficient (Wildman–Crippen LogP) is 1.44. The normalized spacial score (nSPS) is 16.2. The monoisotopic (exact) mass is 272 g/mol. The van der Waals surface area contributed by atoms with E-state index in [2.05, 4.69) is 20.5 Å². The number of H-pyrrole nitrogens is 1. The Kier molecular flexibility index (Phi) is 5.15. The van der Waals surface area contributed by atoms with E-state index in [4.69, 9.17) is 0 Å². The zero-order valence-electron chi connectivity index (χ0n) is 11.1. The van der Waals surface area contributed by atoms with Crippen LogP contribution in [0.5, 0.6) is 0 Å². The molecule has 18 heavy (non-hydrogen) atoms. The van der Waals surface area contributed by atoms with Crippen molar-refractivity contribution in [3.05, 3.63) is 5.82 Å². The summed E-state index contributed by atoms with van der Waals surface area (Å²) in [5.74, 6) is -0.0691. The van der Waals surface area contributed by atoms with Gasteiger partial charge < -0.3 is 10.4 Å². The van der Waals surface area contributed by atoms with Gasteiger partial charge in [0.2, 0.25) is 5.16 Å². The number of hydrogen-bond donors (Lipinski definition) is 3. The van der Waals surface area contributed by atoms with Crippen molar-refractivity contribution in [3.8, 4) is 0 Å². The summed E-state index contributed by atoms with van der Waals surface area (Å²) in [5.41, 5.74) is -0.910. The zero-order valence-corrected chi connectivity index (χ0v) is 12.0. The maximum Gasteiger partial charge on any atom is 0.323 e. The molecule has 0 aromatic carbocycles. The highest BCUT2D eigenvalue weighted by Gasteiger charge is 2.34. The molecule has 0 radical (unpaired) electrons. The Balaban J connectivity index is 2.61. The summed E-state index contributed by atoms with van der Waals surface area (Å²) in [5, 5.41) is 19.9. The molecule has 3 N–H and O–H groups in total. The number of carboxylic acid groups (broad SMARTS) is 1. The number of nitrogens with one attached hydrogen (secondary N) is 2. The molecular formula is C11H20N4O2S. The van der Waals surface area contributed by atoms with Crippen LogP contribution in [0.1, 0.15) is 33.0 Å². The van der Waals surface area contributed by atoms with E-state index in [1.165, 1.54) is 11.8 Å². The van der Waals surface area contributed by atoms with E-state index >= 15 is 0 Å². The first-order valence-corrected chi connectivity index (χ1v) is 6.79. The molecule has 1 rings (SSSR count). The van der Waals surface area contributed by atoms with Gasteiger partial charge >= 0.3 is 5.97 Å². The summed E-state index contributed by atoms with van der Waals surface area (Å²) < 4.78 is 0. The van der Waals surface area contributed by atoms with Crippen LogP contribution < -0.4 is 5.32 Å². The standard InChI is InChI=1S/C11H20N4O2S/c1-5-12-11(4,9(16)17)6-7(2)18-10-13-8(3)14-15-10/h7,12H,5-6H2,1-4H3,(H,16,17)(H,13,14,15). The molecule has 6 nitrogen and oxygen atoms in total. The molecule has 1 aromatic rings. The molecular weight excluding hydrogens is 252 g/mol. The van der Waals surface area contributed by atoms with Gasteiger partial charge in [-0.25, -0.2) is 4.98 Å². The molecule has 102 valence electrons. The Hall–Kier alpha value is -1.08. The number of carbonyl (C=O) groups is 1. The van der Waals surface area contributed by atoms with Crippen molar-refractivity contribution in [2.75, 3.05) is 6.54 Å². The van der Waals surface area contributed by atoms with E-state index in [-0.39, 0.29) is 5.25 Å². The van der Waals surface area contributed by atoms with Crippen molar-refractivity contribution in [2.45, 2.75) is 50.1 Å². The van der Waals surface area contributed by atoms with Crippen LogP contribution in [0.4, 0.5) is 0 Å². The van der Waals surface area contributed by atoms with E-state index in [0.29, 0.717) is 18.1 Å². The van der Waals surface area contributed by atoms with Crippen LogP contribution in [-0.4, -0.2) is 43.6 Å². The lowest BCUT2D eigenvalue weighted by Gasteiger charge is -2.28. The molecule has 0 bridgehead atoms. The number of hydrogen-bond acceptors (Lipinski definition) is 5. The summed E-state index contributed by atoms with van der Waals surface area (Å²) in [6.45, 7) is 8.05. The number of aliphatic carboxylic acids is 1. The highest BCUT2D eigenvalue weighted by atomic mass is 32.2. The first-order chi connectivity index (χ1) is 8.37. The summed E-state index contributed by atoms with van der Waals surface area (Å²) in [6, 6.07) is 0. The maximum absolute atomic E-state index is 11.3. The van der Waals surface area contributed by atoms with Gasteiger partial charge in [0.25, 0.3) is 0 Å². The van der Waals surface area contributed by atoms with Gasteiger partial charge in [-0.2, -0.15) is 0 Å².